The van der Waals surface area contributed by atoms with Crippen LogP contribution in [-0.4, -0.2) is 9.78 Å². The van der Waals surface area contributed by atoms with Gasteiger partial charge in [0.2, 0.25) is 0 Å². The molecule has 0 unspecified atom stereocenters. The molecule has 1 heterocycles. The first kappa shape index (κ1) is 11.2. The second kappa shape index (κ2) is 4.69. The van der Waals surface area contributed by atoms with Gasteiger partial charge < -0.3 is 0 Å². The van der Waals surface area contributed by atoms with Crippen molar-refractivity contribution in [2.45, 2.75) is 6.54 Å². The Morgan fingerprint density at radius 3 is 2.88 bits per heavy atom. The van der Waals surface area contributed by atoms with Gasteiger partial charge in [0.1, 0.15) is 0 Å². The Labute approximate surface area is 106 Å². The van der Waals surface area contributed by atoms with Crippen molar-refractivity contribution in [3.63, 3.8) is 0 Å². The fourth-order valence-electron chi connectivity index (χ4n) is 1.34. The van der Waals surface area contributed by atoms with Crippen molar-refractivity contribution in [1.29, 1.82) is 5.26 Å². The number of benzene rings is 1. The highest BCUT2D eigenvalue weighted by Crippen LogP contribution is 2.19. The molecule has 0 aliphatic rings. The largest absolute Gasteiger partial charge is 0.267 e. The van der Waals surface area contributed by atoms with E-state index in [1.807, 2.05) is 18.3 Å². The lowest BCUT2D eigenvalue weighted by atomic mass is 10.1. The van der Waals surface area contributed by atoms with Gasteiger partial charge in [-0.2, -0.15) is 10.4 Å². The minimum atomic E-state index is 0.565. The lowest BCUT2D eigenvalue weighted by molar-refractivity contribution is 0.687. The van der Waals surface area contributed by atoms with Crippen LogP contribution in [0.2, 0.25) is 5.02 Å². The monoisotopic (exact) mass is 295 g/mol. The molecule has 16 heavy (non-hydrogen) atoms. The van der Waals surface area contributed by atoms with Crippen molar-refractivity contribution in [2.24, 2.45) is 0 Å². The summed E-state index contributed by atoms with van der Waals surface area (Å²) in [6.07, 6.45) is 3.59. The highest BCUT2D eigenvalue weighted by molar-refractivity contribution is 9.10. The molecule has 0 atom stereocenters. The average Bonchev–Trinajstić information content (AvgIpc) is 2.67. The Balaban J connectivity index is 2.26. The summed E-state index contributed by atoms with van der Waals surface area (Å²) in [6, 6.07) is 7.30. The van der Waals surface area contributed by atoms with Crippen molar-refractivity contribution in [2.75, 3.05) is 0 Å². The average molecular weight is 297 g/mol. The first-order valence-electron chi connectivity index (χ1n) is 4.55. The van der Waals surface area contributed by atoms with Gasteiger partial charge in [-0.1, -0.05) is 17.7 Å². The predicted molar refractivity (Wildman–Crippen MR) is 65.2 cm³/mol. The van der Waals surface area contributed by atoms with E-state index in [0.29, 0.717) is 17.1 Å². The Morgan fingerprint density at radius 2 is 2.31 bits per heavy atom. The summed E-state index contributed by atoms with van der Waals surface area (Å²) >= 11 is 9.39. The molecular weight excluding hydrogens is 289 g/mol. The standard InChI is InChI=1S/C11H7BrClN3/c12-10-5-15-16(7-10)6-9-2-1-8(4-14)3-11(9)13/h1-3,5,7H,6H2. The lowest BCUT2D eigenvalue weighted by Gasteiger charge is -2.04. The van der Waals surface area contributed by atoms with Crippen LogP contribution < -0.4 is 0 Å². The molecule has 0 N–H and O–H groups in total. The highest BCUT2D eigenvalue weighted by atomic mass is 79.9. The lowest BCUT2D eigenvalue weighted by Crippen LogP contribution is -2.00. The molecule has 0 aliphatic heterocycles. The van der Waals surface area contributed by atoms with Crippen LogP contribution in [0, 0.1) is 11.3 Å². The number of nitrogens with zero attached hydrogens (tertiary/aromatic N) is 3. The summed E-state index contributed by atoms with van der Waals surface area (Å²) in [5.41, 5.74) is 1.51. The van der Waals surface area contributed by atoms with Gasteiger partial charge in [0.25, 0.3) is 0 Å². The van der Waals surface area contributed by atoms with Gasteiger partial charge in [0.05, 0.1) is 28.8 Å². The van der Waals surface area contributed by atoms with Gasteiger partial charge in [-0.15, -0.1) is 0 Å². The minimum Gasteiger partial charge on any atom is -0.267 e. The van der Waals surface area contributed by atoms with E-state index in [0.717, 1.165) is 10.0 Å². The molecule has 0 saturated carbocycles. The summed E-state index contributed by atoms with van der Waals surface area (Å²) in [5, 5.41) is 13.4. The van der Waals surface area contributed by atoms with E-state index >= 15 is 0 Å². The van der Waals surface area contributed by atoms with E-state index < -0.39 is 0 Å². The summed E-state index contributed by atoms with van der Waals surface area (Å²) in [4.78, 5) is 0. The van der Waals surface area contributed by atoms with Gasteiger partial charge in [-0.05, 0) is 33.6 Å². The Bertz CT molecular complexity index is 557. The molecule has 5 heteroatoms. The van der Waals surface area contributed by atoms with Crippen molar-refractivity contribution < 1.29 is 0 Å². The van der Waals surface area contributed by atoms with Crippen molar-refractivity contribution in [3.05, 3.63) is 51.2 Å². The molecule has 0 saturated heterocycles. The third-order valence-corrected chi connectivity index (χ3v) is 2.88. The van der Waals surface area contributed by atoms with Gasteiger partial charge in [-0.3, -0.25) is 4.68 Å². The first-order valence-corrected chi connectivity index (χ1v) is 5.72. The number of rotatable bonds is 2. The minimum absolute atomic E-state index is 0.565. The summed E-state index contributed by atoms with van der Waals surface area (Å²) in [6.45, 7) is 0.593. The molecule has 1 aromatic heterocycles. The fraction of sp³-hybridized carbons (Fsp3) is 0.0909. The zero-order chi connectivity index (χ0) is 11.5. The van der Waals surface area contributed by atoms with E-state index in [4.69, 9.17) is 16.9 Å². The second-order valence-electron chi connectivity index (χ2n) is 3.27. The van der Waals surface area contributed by atoms with Crippen LogP contribution in [-0.2, 0) is 6.54 Å². The zero-order valence-electron chi connectivity index (χ0n) is 8.19. The summed E-state index contributed by atoms with van der Waals surface area (Å²) < 4.78 is 2.70. The summed E-state index contributed by atoms with van der Waals surface area (Å²) in [5.74, 6) is 0. The molecule has 0 radical (unpaired) electrons. The molecule has 0 fully saturated rings. The maximum Gasteiger partial charge on any atom is 0.0992 e. The maximum atomic E-state index is 8.71. The van der Waals surface area contributed by atoms with E-state index in [9.17, 15) is 0 Å². The number of aromatic nitrogens is 2. The fourth-order valence-corrected chi connectivity index (χ4v) is 1.91. The number of hydrogen-bond donors (Lipinski definition) is 0. The molecular formula is C11H7BrClN3. The Kier molecular flexibility index (Phi) is 3.28. The molecule has 1 aromatic carbocycles. The van der Waals surface area contributed by atoms with Crippen LogP contribution in [0.15, 0.2) is 35.1 Å². The zero-order valence-corrected chi connectivity index (χ0v) is 10.5. The number of hydrogen-bond acceptors (Lipinski definition) is 2. The Hall–Kier alpha value is -1.31. The van der Waals surface area contributed by atoms with Gasteiger partial charge in [0, 0.05) is 11.2 Å². The molecule has 0 aliphatic carbocycles. The second-order valence-corrected chi connectivity index (χ2v) is 4.60. The molecule has 0 bridgehead atoms. The van der Waals surface area contributed by atoms with E-state index in [1.54, 1.807) is 23.0 Å². The topological polar surface area (TPSA) is 41.6 Å². The number of nitriles is 1. The molecule has 0 spiro atoms. The Morgan fingerprint density at radius 1 is 1.50 bits per heavy atom. The van der Waals surface area contributed by atoms with Crippen LogP contribution >= 0.6 is 27.5 Å². The molecule has 80 valence electrons. The molecule has 3 nitrogen and oxygen atoms in total. The molecule has 2 rings (SSSR count). The molecule has 0 amide bonds. The third-order valence-electron chi connectivity index (χ3n) is 2.12. The van der Waals surface area contributed by atoms with Crippen molar-refractivity contribution in [3.8, 4) is 6.07 Å². The smallest absolute Gasteiger partial charge is 0.0992 e. The predicted octanol–water partition coefficient (Wildman–Crippen LogP) is 3.22. The molecule has 2 aromatic rings. The first-order chi connectivity index (χ1) is 7.69. The van der Waals surface area contributed by atoms with Gasteiger partial charge in [0.15, 0.2) is 0 Å². The quantitative estimate of drug-likeness (QED) is 0.854. The SMILES string of the molecule is N#Cc1ccc(Cn2cc(Br)cn2)c(Cl)c1. The van der Waals surface area contributed by atoms with Crippen molar-refractivity contribution >= 4 is 27.5 Å². The van der Waals surface area contributed by atoms with Gasteiger partial charge in [-0.25, -0.2) is 0 Å². The normalized spacial score (nSPS) is 10.1. The van der Waals surface area contributed by atoms with Crippen molar-refractivity contribution in [1.82, 2.24) is 9.78 Å². The van der Waals surface area contributed by atoms with E-state index in [1.165, 1.54) is 0 Å². The van der Waals surface area contributed by atoms with Gasteiger partial charge >= 0.3 is 0 Å². The van der Waals surface area contributed by atoms with Crippen LogP contribution in [0.4, 0.5) is 0 Å². The van der Waals surface area contributed by atoms with E-state index in [-0.39, 0.29) is 0 Å². The van der Waals surface area contributed by atoms with Crippen LogP contribution in [0.5, 0.6) is 0 Å². The summed E-state index contributed by atoms with van der Waals surface area (Å²) in [7, 11) is 0. The number of halogens is 2. The van der Waals surface area contributed by atoms with Crippen LogP contribution in [0.3, 0.4) is 0 Å². The van der Waals surface area contributed by atoms with Crippen LogP contribution in [0.25, 0.3) is 0 Å². The van der Waals surface area contributed by atoms with Crippen LogP contribution in [0.1, 0.15) is 11.1 Å². The maximum absolute atomic E-state index is 8.71. The third kappa shape index (κ3) is 2.43. The highest BCUT2D eigenvalue weighted by Gasteiger charge is 2.03. The van der Waals surface area contributed by atoms with E-state index in [2.05, 4.69) is 21.0 Å².